The number of esters is 1. The van der Waals surface area contributed by atoms with Gasteiger partial charge in [0.1, 0.15) is 0 Å². The number of hydrogen-bond acceptors (Lipinski definition) is 5. The molecule has 8 heteroatoms. The molecule has 0 atom stereocenters. The third kappa shape index (κ3) is 6.01. The third-order valence-electron chi connectivity index (χ3n) is 4.70. The normalized spacial score (nSPS) is 10.4. The van der Waals surface area contributed by atoms with Crippen molar-refractivity contribution in [2.75, 3.05) is 18.1 Å². The molecular weight excluding hydrogens is 474 g/mol. The summed E-state index contributed by atoms with van der Waals surface area (Å²) in [6, 6.07) is 19.9. The molecular formula is C24H22BrN3O4. The molecule has 0 radical (unpaired) electrons. The van der Waals surface area contributed by atoms with Gasteiger partial charge in [-0.3, -0.25) is 14.6 Å². The minimum Gasteiger partial charge on any atom is -0.452 e. The number of ether oxygens (including phenoxy) is 1. The standard InChI is InChI=1S/C24H22BrN3O4/c1-16-20(10-11-21(27-16)17-6-5-7-18(25)14-17)24(31)32-15-23(30)28(13-12-22(26)29)19-8-3-2-4-9-19/h2-11,14H,12-13,15H2,1H3,(H2,26,29). The predicted octanol–water partition coefficient (Wildman–Crippen LogP) is 3.88. The number of para-hydroxylation sites is 1. The maximum absolute atomic E-state index is 12.7. The maximum Gasteiger partial charge on any atom is 0.340 e. The Hall–Kier alpha value is -3.52. The fraction of sp³-hybridized carbons (Fsp3) is 0.167. The Bertz CT molecular complexity index is 1140. The summed E-state index contributed by atoms with van der Waals surface area (Å²) in [6.45, 7) is 1.33. The Morgan fingerprint density at radius 3 is 2.44 bits per heavy atom. The van der Waals surface area contributed by atoms with Crippen LogP contribution in [0.3, 0.4) is 0 Å². The van der Waals surface area contributed by atoms with Crippen LogP contribution in [-0.2, 0) is 14.3 Å². The highest BCUT2D eigenvalue weighted by atomic mass is 79.9. The van der Waals surface area contributed by atoms with Crippen molar-refractivity contribution in [2.24, 2.45) is 5.73 Å². The molecule has 0 aliphatic rings. The second-order valence-corrected chi connectivity index (χ2v) is 7.93. The van der Waals surface area contributed by atoms with Crippen LogP contribution >= 0.6 is 15.9 Å². The number of carbonyl (C=O) groups is 3. The fourth-order valence-electron chi connectivity index (χ4n) is 3.10. The first-order valence-electron chi connectivity index (χ1n) is 9.89. The summed E-state index contributed by atoms with van der Waals surface area (Å²) >= 11 is 3.43. The van der Waals surface area contributed by atoms with Crippen molar-refractivity contribution in [2.45, 2.75) is 13.3 Å². The lowest BCUT2D eigenvalue weighted by Crippen LogP contribution is -2.37. The van der Waals surface area contributed by atoms with Gasteiger partial charge in [0.25, 0.3) is 5.91 Å². The van der Waals surface area contributed by atoms with E-state index in [1.165, 1.54) is 4.90 Å². The van der Waals surface area contributed by atoms with Gasteiger partial charge < -0.3 is 15.4 Å². The average Bonchev–Trinajstić information content (AvgIpc) is 2.78. The molecule has 0 spiro atoms. The first kappa shape index (κ1) is 23.1. The summed E-state index contributed by atoms with van der Waals surface area (Å²) in [5, 5.41) is 0. The smallest absolute Gasteiger partial charge is 0.340 e. The number of carbonyl (C=O) groups excluding carboxylic acids is 3. The predicted molar refractivity (Wildman–Crippen MR) is 125 cm³/mol. The summed E-state index contributed by atoms with van der Waals surface area (Å²) in [5.74, 6) is -1.63. The van der Waals surface area contributed by atoms with Crippen LogP contribution < -0.4 is 10.6 Å². The van der Waals surface area contributed by atoms with Gasteiger partial charge in [0, 0.05) is 28.7 Å². The van der Waals surface area contributed by atoms with Gasteiger partial charge in [-0.05, 0) is 43.3 Å². The number of hydrogen-bond donors (Lipinski definition) is 1. The monoisotopic (exact) mass is 495 g/mol. The molecule has 7 nitrogen and oxygen atoms in total. The second kappa shape index (κ2) is 10.7. The molecule has 2 N–H and O–H groups in total. The number of nitrogens with two attached hydrogens (primary N) is 1. The molecule has 0 unspecified atom stereocenters. The minimum absolute atomic E-state index is 0.00529. The molecule has 0 aliphatic carbocycles. The number of amides is 2. The highest BCUT2D eigenvalue weighted by Gasteiger charge is 2.20. The molecule has 2 aromatic carbocycles. The first-order chi connectivity index (χ1) is 15.3. The van der Waals surface area contributed by atoms with Gasteiger partial charge in [0.05, 0.1) is 17.0 Å². The maximum atomic E-state index is 12.7. The SMILES string of the molecule is Cc1nc(-c2cccc(Br)c2)ccc1C(=O)OCC(=O)N(CCC(N)=O)c1ccccc1. The zero-order valence-electron chi connectivity index (χ0n) is 17.5. The van der Waals surface area contributed by atoms with E-state index in [0.717, 1.165) is 15.7 Å². The van der Waals surface area contributed by atoms with E-state index < -0.39 is 24.4 Å². The van der Waals surface area contributed by atoms with Crippen molar-refractivity contribution in [1.82, 2.24) is 4.98 Å². The van der Waals surface area contributed by atoms with E-state index >= 15 is 0 Å². The lowest BCUT2D eigenvalue weighted by Gasteiger charge is -2.22. The number of anilines is 1. The Kier molecular flexibility index (Phi) is 7.72. The summed E-state index contributed by atoms with van der Waals surface area (Å²) in [6.07, 6.45) is -0.00529. The molecule has 3 aromatic rings. The Morgan fingerprint density at radius 2 is 1.78 bits per heavy atom. The number of benzene rings is 2. The molecule has 0 saturated carbocycles. The third-order valence-corrected chi connectivity index (χ3v) is 5.20. The number of halogens is 1. The van der Waals surface area contributed by atoms with E-state index in [-0.39, 0.29) is 18.5 Å². The van der Waals surface area contributed by atoms with Crippen LogP contribution in [0, 0.1) is 6.92 Å². The number of nitrogens with zero attached hydrogens (tertiary/aromatic N) is 2. The number of primary amides is 1. The van der Waals surface area contributed by atoms with E-state index in [1.807, 2.05) is 30.3 Å². The molecule has 0 fully saturated rings. The molecule has 0 bridgehead atoms. The van der Waals surface area contributed by atoms with Crippen molar-refractivity contribution < 1.29 is 19.1 Å². The summed E-state index contributed by atoms with van der Waals surface area (Å²) in [4.78, 5) is 42.4. The summed E-state index contributed by atoms with van der Waals surface area (Å²) in [7, 11) is 0. The van der Waals surface area contributed by atoms with Gasteiger partial charge in [-0.1, -0.05) is 46.3 Å². The van der Waals surface area contributed by atoms with Crippen molar-refractivity contribution in [3.63, 3.8) is 0 Å². The van der Waals surface area contributed by atoms with Crippen molar-refractivity contribution >= 4 is 39.4 Å². The van der Waals surface area contributed by atoms with E-state index in [9.17, 15) is 14.4 Å². The highest BCUT2D eigenvalue weighted by Crippen LogP contribution is 2.23. The lowest BCUT2D eigenvalue weighted by atomic mass is 10.1. The minimum atomic E-state index is -0.646. The average molecular weight is 496 g/mol. The van der Waals surface area contributed by atoms with Crippen LogP contribution in [-0.4, -0.2) is 35.9 Å². The Labute approximate surface area is 194 Å². The molecule has 3 rings (SSSR count). The fourth-order valence-corrected chi connectivity index (χ4v) is 3.50. The van der Waals surface area contributed by atoms with Crippen LogP contribution in [0.25, 0.3) is 11.3 Å². The largest absolute Gasteiger partial charge is 0.452 e. The number of pyridine rings is 1. The first-order valence-corrected chi connectivity index (χ1v) is 10.7. The van der Waals surface area contributed by atoms with Crippen molar-refractivity contribution in [3.8, 4) is 11.3 Å². The van der Waals surface area contributed by atoms with Gasteiger partial charge in [0.2, 0.25) is 5.91 Å². The van der Waals surface area contributed by atoms with Crippen LogP contribution in [0.1, 0.15) is 22.5 Å². The van der Waals surface area contributed by atoms with Crippen LogP contribution in [0.15, 0.2) is 71.2 Å². The van der Waals surface area contributed by atoms with E-state index in [1.54, 1.807) is 43.3 Å². The molecule has 0 saturated heterocycles. The topological polar surface area (TPSA) is 103 Å². The second-order valence-electron chi connectivity index (χ2n) is 7.01. The van der Waals surface area contributed by atoms with Crippen molar-refractivity contribution in [1.29, 1.82) is 0 Å². The van der Waals surface area contributed by atoms with Gasteiger partial charge in [0.15, 0.2) is 6.61 Å². The number of aromatic nitrogens is 1. The van der Waals surface area contributed by atoms with Gasteiger partial charge in [-0.25, -0.2) is 4.79 Å². The van der Waals surface area contributed by atoms with E-state index in [0.29, 0.717) is 11.4 Å². The Balaban J connectivity index is 1.69. The van der Waals surface area contributed by atoms with Crippen LogP contribution in [0.2, 0.25) is 0 Å². The quantitative estimate of drug-likeness (QED) is 0.477. The molecule has 1 aromatic heterocycles. The molecule has 1 heterocycles. The van der Waals surface area contributed by atoms with E-state index in [4.69, 9.17) is 10.5 Å². The summed E-state index contributed by atoms with van der Waals surface area (Å²) in [5.41, 5.74) is 8.21. The van der Waals surface area contributed by atoms with Crippen molar-refractivity contribution in [3.05, 3.63) is 82.5 Å². The van der Waals surface area contributed by atoms with Gasteiger partial charge in [-0.15, -0.1) is 0 Å². The lowest BCUT2D eigenvalue weighted by molar-refractivity contribution is -0.121. The van der Waals surface area contributed by atoms with Gasteiger partial charge >= 0.3 is 5.97 Å². The van der Waals surface area contributed by atoms with Gasteiger partial charge in [-0.2, -0.15) is 0 Å². The highest BCUT2D eigenvalue weighted by molar-refractivity contribution is 9.10. The van der Waals surface area contributed by atoms with Crippen LogP contribution in [0.4, 0.5) is 5.69 Å². The van der Waals surface area contributed by atoms with E-state index in [2.05, 4.69) is 20.9 Å². The molecule has 0 aliphatic heterocycles. The summed E-state index contributed by atoms with van der Waals surface area (Å²) < 4.78 is 6.18. The molecule has 2 amide bonds. The number of rotatable bonds is 8. The zero-order valence-corrected chi connectivity index (χ0v) is 19.0. The van der Waals surface area contributed by atoms with Crippen LogP contribution in [0.5, 0.6) is 0 Å². The number of aryl methyl sites for hydroxylation is 1. The molecule has 32 heavy (non-hydrogen) atoms. The molecule has 164 valence electrons. The zero-order chi connectivity index (χ0) is 23.1. The Morgan fingerprint density at radius 1 is 1.03 bits per heavy atom.